The van der Waals surface area contributed by atoms with Gasteiger partial charge < -0.3 is 14.5 Å². The third kappa shape index (κ3) is 3.26. The highest BCUT2D eigenvalue weighted by Gasteiger charge is 2.47. The quantitative estimate of drug-likeness (QED) is 0.812. The molecule has 2 aliphatic rings. The Labute approximate surface area is 142 Å². The fraction of sp³-hybridized carbons (Fsp3) is 0.647. The zero-order valence-electron chi connectivity index (χ0n) is 14.3. The van der Waals surface area contributed by atoms with E-state index in [4.69, 9.17) is 4.74 Å². The number of aryl methyl sites for hydroxylation is 1. The summed E-state index contributed by atoms with van der Waals surface area (Å²) in [5.41, 5.74) is 0.663. The molecule has 2 aliphatic heterocycles. The monoisotopic (exact) mass is 332 g/mol. The minimum atomic E-state index is -0.313. The van der Waals surface area contributed by atoms with Crippen LogP contribution in [0.1, 0.15) is 31.7 Å². The van der Waals surface area contributed by atoms with Gasteiger partial charge in [0, 0.05) is 39.0 Å². The average Bonchev–Trinajstić information content (AvgIpc) is 2.63. The Kier molecular flexibility index (Phi) is 4.80. The number of carbonyl (C=O) groups is 2. The van der Waals surface area contributed by atoms with E-state index in [-0.39, 0.29) is 30.1 Å². The number of carbonyl (C=O) groups excluding carboxylic acids is 2. The number of hydrogen-bond donors (Lipinski definition) is 0. The van der Waals surface area contributed by atoms with Crippen LogP contribution in [0.4, 0.5) is 0 Å². The molecule has 3 heterocycles. The summed E-state index contributed by atoms with van der Waals surface area (Å²) in [6.07, 6.45) is 7.65. The topological polar surface area (TPSA) is 75.6 Å². The molecule has 2 amide bonds. The van der Waals surface area contributed by atoms with Crippen LogP contribution in [0, 0.1) is 0 Å². The Hall–Kier alpha value is -2.02. The van der Waals surface area contributed by atoms with Gasteiger partial charge in [0.25, 0.3) is 0 Å². The van der Waals surface area contributed by atoms with Crippen molar-refractivity contribution in [2.75, 3.05) is 26.7 Å². The lowest BCUT2D eigenvalue weighted by molar-refractivity contribution is -0.184. The zero-order chi connectivity index (χ0) is 17.2. The maximum Gasteiger partial charge on any atom is 0.248 e. The van der Waals surface area contributed by atoms with E-state index < -0.39 is 0 Å². The molecule has 24 heavy (non-hydrogen) atoms. The van der Waals surface area contributed by atoms with E-state index in [2.05, 4.69) is 9.97 Å². The van der Waals surface area contributed by atoms with Gasteiger partial charge in [0.05, 0.1) is 11.6 Å². The van der Waals surface area contributed by atoms with E-state index in [0.717, 1.165) is 18.4 Å². The third-order valence-corrected chi connectivity index (χ3v) is 5.42. The number of likely N-dealkylation sites (N-methyl/N-ethyl adjacent to an activating group) is 1. The minimum absolute atomic E-state index is 0.0247. The molecular weight excluding hydrogens is 308 g/mol. The summed E-state index contributed by atoms with van der Waals surface area (Å²) in [5, 5.41) is 0. The van der Waals surface area contributed by atoms with E-state index >= 15 is 0 Å². The molecule has 1 aromatic heterocycles. The highest BCUT2D eigenvalue weighted by Crippen LogP contribution is 2.35. The third-order valence-electron chi connectivity index (χ3n) is 5.42. The number of rotatable bonds is 3. The van der Waals surface area contributed by atoms with Crippen LogP contribution in [0.2, 0.25) is 0 Å². The van der Waals surface area contributed by atoms with Crippen LogP contribution >= 0.6 is 0 Å². The van der Waals surface area contributed by atoms with Crippen molar-refractivity contribution in [1.82, 2.24) is 19.8 Å². The first-order chi connectivity index (χ1) is 11.5. The van der Waals surface area contributed by atoms with Crippen LogP contribution in [0.15, 0.2) is 18.7 Å². The smallest absolute Gasteiger partial charge is 0.248 e. The molecule has 0 N–H and O–H groups in total. The van der Waals surface area contributed by atoms with Gasteiger partial charge in [-0.15, -0.1) is 0 Å². The molecule has 0 saturated carbocycles. The Morgan fingerprint density at radius 2 is 2.00 bits per heavy atom. The Bertz CT molecular complexity index is 599. The normalized spacial score (nSPS) is 23.6. The van der Waals surface area contributed by atoms with Gasteiger partial charge in [-0.2, -0.15) is 0 Å². The van der Waals surface area contributed by atoms with Crippen molar-refractivity contribution in [2.24, 2.45) is 0 Å². The van der Waals surface area contributed by atoms with E-state index in [9.17, 15) is 9.59 Å². The molecular formula is C17H24N4O3. The summed E-state index contributed by atoms with van der Waals surface area (Å²) in [6, 6.07) is 0.0393. The summed E-state index contributed by atoms with van der Waals surface area (Å²) in [5.74, 6) is 0.179. The summed E-state index contributed by atoms with van der Waals surface area (Å²) in [4.78, 5) is 35.8. The number of morpholine rings is 1. The van der Waals surface area contributed by atoms with Gasteiger partial charge in [0.1, 0.15) is 12.9 Å². The molecule has 0 radical (unpaired) electrons. The largest absolute Gasteiger partial charge is 0.363 e. The SMILES string of the molecule is CC1N(C)C(=O)COC12CCN(C(=O)CCc1cncnc1)CC2. The summed E-state index contributed by atoms with van der Waals surface area (Å²) in [7, 11) is 1.83. The van der Waals surface area contributed by atoms with Crippen molar-refractivity contribution in [3.05, 3.63) is 24.3 Å². The van der Waals surface area contributed by atoms with E-state index in [1.54, 1.807) is 17.3 Å². The number of likely N-dealkylation sites (tertiary alicyclic amines) is 1. The number of ether oxygens (including phenoxy) is 1. The maximum atomic E-state index is 12.4. The zero-order valence-corrected chi connectivity index (χ0v) is 14.3. The second-order valence-corrected chi connectivity index (χ2v) is 6.66. The number of aromatic nitrogens is 2. The fourth-order valence-electron chi connectivity index (χ4n) is 3.56. The molecule has 7 nitrogen and oxygen atoms in total. The van der Waals surface area contributed by atoms with Gasteiger partial charge in [-0.05, 0) is 31.7 Å². The van der Waals surface area contributed by atoms with Crippen LogP contribution in [0.3, 0.4) is 0 Å². The first-order valence-corrected chi connectivity index (χ1v) is 8.43. The standard InChI is InChI=1S/C17H24N4O3/c1-13-17(24-11-16(23)20(13)2)5-7-21(8-6-17)15(22)4-3-14-9-18-12-19-10-14/h9-10,12-13H,3-8,11H2,1-2H3. The molecule has 0 bridgehead atoms. The minimum Gasteiger partial charge on any atom is -0.363 e. The Balaban J connectivity index is 1.53. The number of piperidine rings is 1. The molecule has 1 atom stereocenters. The number of hydrogen-bond acceptors (Lipinski definition) is 5. The Morgan fingerprint density at radius 1 is 1.33 bits per heavy atom. The van der Waals surface area contributed by atoms with Crippen LogP contribution in [-0.2, 0) is 20.7 Å². The highest BCUT2D eigenvalue weighted by molar-refractivity contribution is 5.78. The van der Waals surface area contributed by atoms with Gasteiger partial charge >= 0.3 is 0 Å². The predicted octanol–water partition coefficient (Wildman–Crippen LogP) is 0.648. The predicted molar refractivity (Wildman–Crippen MR) is 87.1 cm³/mol. The van der Waals surface area contributed by atoms with Gasteiger partial charge in [-0.3, -0.25) is 9.59 Å². The lowest BCUT2D eigenvalue weighted by Gasteiger charge is -2.50. The summed E-state index contributed by atoms with van der Waals surface area (Å²) < 4.78 is 5.91. The van der Waals surface area contributed by atoms with Crippen LogP contribution in [0.5, 0.6) is 0 Å². The van der Waals surface area contributed by atoms with Gasteiger partial charge in [0.2, 0.25) is 11.8 Å². The molecule has 1 spiro atoms. The maximum absolute atomic E-state index is 12.4. The second kappa shape index (κ2) is 6.84. The summed E-state index contributed by atoms with van der Waals surface area (Å²) in [6.45, 7) is 3.53. The second-order valence-electron chi connectivity index (χ2n) is 6.66. The van der Waals surface area contributed by atoms with Crippen molar-refractivity contribution in [3.63, 3.8) is 0 Å². The number of amides is 2. The van der Waals surface area contributed by atoms with E-state index in [1.807, 2.05) is 18.9 Å². The molecule has 1 aromatic rings. The molecule has 0 aliphatic carbocycles. The van der Waals surface area contributed by atoms with E-state index in [0.29, 0.717) is 25.9 Å². The molecule has 7 heteroatoms. The lowest BCUT2D eigenvalue weighted by atomic mass is 9.82. The van der Waals surface area contributed by atoms with Crippen molar-refractivity contribution in [2.45, 2.75) is 44.2 Å². The molecule has 0 aromatic carbocycles. The molecule has 2 fully saturated rings. The highest BCUT2D eigenvalue weighted by atomic mass is 16.5. The van der Waals surface area contributed by atoms with Crippen molar-refractivity contribution < 1.29 is 14.3 Å². The van der Waals surface area contributed by atoms with Gasteiger partial charge in [-0.25, -0.2) is 9.97 Å². The van der Waals surface area contributed by atoms with Crippen LogP contribution in [0.25, 0.3) is 0 Å². The van der Waals surface area contributed by atoms with Gasteiger partial charge in [-0.1, -0.05) is 0 Å². The molecule has 130 valence electrons. The van der Waals surface area contributed by atoms with Crippen molar-refractivity contribution >= 4 is 11.8 Å². The first-order valence-electron chi connectivity index (χ1n) is 8.43. The molecule has 2 saturated heterocycles. The Morgan fingerprint density at radius 3 is 2.67 bits per heavy atom. The van der Waals surface area contributed by atoms with Gasteiger partial charge in [0.15, 0.2) is 0 Å². The van der Waals surface area contributed by atoms with E-state index in [1.165, 1.54) is 6.33 Å². The number of nitrogens with zero attached hydrogens (tertiary/aromatic N) is 4. The van der Waals surface area contributed by atoms with Crippen LogP contribution in [-0.4, -0.2) is 70.0 Å². The lowest BCUT2D eigenvalue weighted by Crippen LogP contribution is -2.63. The average molecular weight is 332 g/mol. The van der Waals surface area contributed by atoms with Crippen LogP contribution < -0.4 is 0 Å². The first kappa shape index (κ1) is 16.8. The molecule has 1 unspecified atom stereocenters. The molecule has 3 rings (SSSR count). The van der Waals surface area contributed by atoms with Crippen molar-refractivity contribution in [3.8, 4) is 0 Å². The summed E-state index contributed by atoms with van der Waals surface area (Å²) >= 11 is 0. The van der Waals surface area contributed by atoms with Crippen molar-refractivity contribution in [1.29, 1.82) is 0 Å². The fourth-order valence-corrected chi connectivity index (χ4v) is 3.56.